The van der Waals surface area contributed by atoms with Gasteiger partial charge in [-0.2, -0.15) is 4.98 Å². The van der Waals surface area contributed by atoms with Crippen LogP contribution in [0, 0.1) is 11.6 Å². The monoisotopic (exact) mass is 483 g/mol. The first kappa shape index (κ1) is 25.9. The molecule has 0 bridgehead atoms. The highest BCUT2D eigenvalue weighted by Gasteiger charge is 2.20. The first-order chi connectivity index (χ1) is 15.4. The van der Waals surface area contributed by atoms with Crippen LogP contribution < -0.4 is 16.0 Å². The van der Waals surface area contributed by atoms with Crippen LogP contribution in [-0.4, -0.2) is 30.7 Å². The molecule has 3 rings (SSSR count). The molecule has 0 atom stereocenters. The van der Waals surface area contributed by atoms with Crippen LogP contribution in [0.2, 0.25) is 0 Å². The van der Waals surface area contributed by atoms with Gasteiger partial charge in [-0.3, -0.25) is 11.3 Å². The van der Waals surface area contributed by atoms with Gasteiger partial charge in [0.25, 0.3) is 0 Å². The highest BCUT2D eigenvalue weighted by atomic mass is 32.2. The van der Waals surface area contributed by atoms with Crippen molar-refractivity contribution in [3.63, 3.8) is 0 Å². The standard InChI is InChI=1S/C13H13NO4.C8H10F2N2O2S/c1-8(2)9-4-3-5-10(6-9)18-13-14-11(7-17-13)12(15)16;1-15(13,14)8-6(9)2-5(4-12-11)3-7(8)10/h3-8H,1-2H3,(H,15,16);2-3,12H,4,11H2,1H3. The maximum Gasteiger partial charge on any atom is 0.399 e. The van der Waals surface area contributed by atoms with Gasteiger partial charge in [-0.1, -0.05) is 26.0 Å². The van der Waals surface area contributed by atoms with Crippen molar-refractivity contribution in [1.82, 2.24) is 10.4 Å². The van der Waals surface area contributed by atoms with E-state index in [-0.39, 0.29) is 23.9 Å². The number of halogens is 2. The van der Waals surface area contributed by atoms with E-state index >= 15 is 0 Å². The number of nitrogens with one attached hydrogen (secondary N) is 1. The molecule has 0 amide bonds. The molecule has 33 heavy (non-hydrogen) atoms. The van der Waals surface area contributed by atoms with E-state index in [4.69, 9.17) is 20.1 Å². The Bertz CT molecular complexity index is 1210. The van der Waals surface area contributed by atoms with Gasteiger partial charge in [-0.25, -0.2) is 22.0 Å². The summed E-state index contributed by atoms with van der Waals surface area (Å²) in [5.41, 5.74) is 3.40. The van der Waals surface area contributed by atoms with E-state index < -0.39 is 32.3 Å². The van der Waals surface area contributed by atoms with Crippen LogP contribution in [0.5, 0.6) is 11.8 Å². The van der Waals surface area contributed by atoms with Crippen molar-refractivity contribution < 1.29 is 36.3 Å². The number of rotatable bonds is 7. The Balaban J connectivity index is 0.000000238. The normalized spacial score (nSPS) is 11.1. The lowest BCUT2D eigenvalue weighted by molar-refractivity contribution is 0.0690. The Hall–Kier alpha value is -3.35. The number of ether oxygens (including phenoxy) is 1. The van der Waals surface area contributed by atoms with Gasteiger partial charge in [-0.15, -0.1) is 0 Å². The Kier molecular flexibility index (Phi) is 8.63. The average molecular weight is 483 g/mol. The highest BCUT2D eigenvalue weighted by molar-refractivity contribution is 7.90. The number of nitrogens with two attached hydrogens (primary N) is 1. The number of carboxylic acid groups (broad SMARTS) is 1. The molecule has 0 aliphatic carbocycles. The summed E-state index contributed by atoms with van der Waals surface area (Å²) in [6.07, 6.45) is 1.72. The summed E-state index contributed by atoms with van der Waals surface area (Å²) < 4.78 is 58.8. The van der Waals surface area contributed by atoms with Crippen LogP contribution in [0.15, 0.2) is 52.0 Å². The molecule has 0 saturated heterocycles. The number of sulfone groups is 1. The van der Waals surface area contributed by atoms with Crippen LogP contribution in [0.3, 0.4) is 0 Å². The van der Waals surface area contributed by atoms with Gasteiger partial charge >= 0.3 is 12.0 Å². The predicted molar refractivity (Wildman–Crippen MR) is 115 cm³/mol. The van der Waals surface area contributed by atoms with Crippen molar-refractivity contribution in [2.24, 2.45) is 5.84 Å². The van der Waals surface area contributed by atoms with E-state index in [1.54, 1.807) is 6.07 Å². The molecule has 0 unspecified atom stereocenters. The number of aromatic nitrogens is 1. The number of nitrogens with zero attached hydrogens (tertiary/aromatic N) is 1. The quantitative estimate of drug-likeness (QED) is 0.339. The number of carboxylic acids is 1. The van der Waals surface area contributed by atoms with Gasteiger partial charge in [0.15, 0.2) is 15.5 Å². The van der Waals surface area contributed by atoms with Crippen LogP contribution in [-0.2, 0) is 16.4 Å². The molecule has 0 aliphatic rings. The summed E-state index contributed by atoms with van der Waals surface area (Å²) in [5.74, 6) is 2.56. The number of aromatic carboxylic acids is 1. The van der Waals surface area contributed by atoms with E-state index in [0.29, 0.717) is 11.7 Å². The van der Waals surface area contributed by atoms with Gasteiger partial charge in [0.2, 0.25) is 0 Å². The predicted octanol–water partition coefficient (Wildman–Crippen LogP) is 3.62. The molecular formula is C21H23F2N3O6S. The van der Waals surface area contributed by atoms with Crippen molar-refractivity contribution in [3.8, 4) is 11.8 Å². The second-order valence-corrected chi connectivity index (χ2v) is 9.13. The minimum absolute atomic E-state index is 0.0535. The number of carbonyl (C=O) groups is 1. The van der Waals surface area contributed by atoms with E-state index in [1.807, 2.05) is 18.2 Å². The minimum atomic E-state index is -3.90. The third-order valence-electron chi connectivity index (χ3n) is 4.17. The van der Waals surface area contributed by atoms with Crippen LogP contribution in [0.4, 0.5) is 8.78 Å². The SMILES string of the molecule is CC(C)c1cccc(Oc2nc(C(=O)O)co2)c1.CS(=O)(=O)c1c(F)cc(CNN)cc1F. The molecule has 0 aliphatic heterocycles. The van der Waals surface area contributed by atoms with Crippen molar-refractivity contribution in [2.45, 2.75) is 31.2 Å². The summed E-state index contributed by atoms with van der Waals surface area (Å²) in [7, 11) is -3.90. The van der Waals surface area contributed by atoms with Gasteiger partial charge < -0.3 is 14.3 Å². The Morgan fingerprint density at radius 1 is 1.24 bits per heavy atom. The molecule has 0 spiro atoms. The number of oxazole rings is 1. The fraction of sp³-hybridized carbons (Fsp3) is 0.238. The third-order valence-corrected chi connectivity index (χ3v) is 5.30. The van der Waals surface area contributed by atoms with Crippen LogP contribution in [0.1, 0.15) is 41.4 Å². The van der Waals surface area contributed by atoms with Crippen molar-refractivity contribution in [3.05, 3.63) is 71.1 Å². The lowest BCUT2D eigenvalue weighted by Crippen LogP contribution is -2.21. The summed E-state index contributed by atoms with van der Waals surface area (Å²) >= 11 is 0. The zero-order valence-corrected chi connectivity index (χ0v) is 18.8. The van der Waals surface area contributed by atoms with E-state index in [1.165, 1.54) is 0 Å². The lowest BCUT2D eigenvalue weighted by Gasteiger charge is -2.07. The molecule has 0 saturated carbocycles. The zero-order chi connectivity index (χ0) is 24.8. The van der Waals surface area contributed by atoms with Gasteiger partial charge in [0.1, 0.15) is 28.5 Å². The number of hydrazine groups is 1. The molecule has 0 radical (unpaired) electrons. The Labute approximate surface area is 189 Å². The minimum Gasteiger partial charge on any atom is -0.476 e. The highest BCUT2D eigenvalue weighted by Crippen LogP contribution is 2.25. The van der Waals surface area contributed by atoms with E-state index in [9.17, 15) is 22.0 Å². The smallest absolute Gasteiger partial charge is 0.399 e. The molecule has 0 fully saturated rings. The Morgan fingerprint density at radius 2 is 1.88 bits per heavy atom. The third kappa shape index (κ3) is 7.34. The van der Waals surface area contributed by atoms with Crippen molar-refractivity contribution >= 4 is 15.8 Å². The molecule has 178 valence electrons. The zero-order valence-electron chi connectivity index (χ0n) is 18.0. The molecular weight excluding hydrogens is 460 g/mol. The molecule has 1 heterocycles. The summed E-state index contributed by atoms with van der Waals surface area (Å²) in [6.45, 7) is 4.21. The second kappa shape index (κ2) is 11.0. The number of hydrogen-bond donors (Lipinski definition) is 3. The maximum absolute atomic E-state index is 13.2. The average Bonchev–Trinajstić information content (AvgIpc) is 3.16. The molecule has 3 aromatic rings. The van der Waals surface area contributed by atoms with Gasteiger partial charge in [0, 0.05) is 12.8 Å². The second-order valence-electron chi connectivity index (χ2n) is 7.17. The number of hydrogen-bond acceptors (Lipinski definition) is 8. The van der Waals surface area contributed by atoms with E-state index in [2.05, 4.69) is 24.3 Å². The lowest BCUT2D eigenvalue weighted by atomic mass is 10.0. The molecule has 12 heteroatoms. The summed E-state index contributed by atoms with van der Waals surface area (Å²) in [6, 6.07) is 9.35. The summed E-state index contributed by atoms with van der Waals surface area (Å²) in [4.78, 5) is 13.4. The largest absolute Gasteiger partial charge is 0.476 e. The number of benzene rings is 2. The summed E-state index contributed by atoms with van der Waals surface area (Å²) in [5, 5.41) is 8.70. The topological polar surface area (TPSA) is 145 Å². The van der Waals surface area contributed by atoms with Crippen molar-refractivity contribution in [1.29, 1.82) is 0 Å². The van der Waals surface area contributed by atoms with Crippen molar-refractivity contribution in [2.75, 3.05) is 6.26 Å². The van der Waals surface area contributed by atoms with Crippen LogP contribution in [0.25, 0.3) is 0 Å². The van der Waals surface area contributed by atoms with Gasteiger partial charge in [0.05, 0.1) is 0 Å². The van der Waals surface area contributed by atoms with E-state index in [0.717, 1.165) is 30.2 Å². The first-order valence-corrected chi connectivity index (χ1v) is 11.4. The molecule has 4 N–H and O–H groups in total. The van der Waals surface area contributed by atoms with Gasteiger partial charge in [-0.05, 0) is 41.3 Å². The maximum atomic E-state index is 13.2. The molecule has 2 aromatic carbocycles. The Morgan fingerprint density at radius 3 is 2.36 bits per heavy atom. The first-order valence-electron chi connectivity index (χ1n) is 9.50. The fourth-order valence-corrected chi connectivity index (χ4v) is 3.45. The molecule has 9 nitrogen and oxygen atoms in total. The fourth-order valence-electron chi connectivity index (χ4n) is 2.63. The van der Waals surface area contributed by atoms with Crippen LogP contribution >= 0.6 is 0 Å². The molecule has 1 aromatic heterocycles.